The second kappa shape index (κ2) is 5.49. The van der Waals surface area contributed by atoms with Gasteiger partial charge >= 0.3 is 0 Å². The molecule has 1 aromatic carbocycles. The Balaban J connectivity index is 1.64. The van der Waals surface area contributed by atoms with E-state index in [9.17, 15) is 0 Å². The van der Waals surface area contributed by atoms with Gasteiger partial charge in [0.25, 0.3) is 0 Å². The van der Waals surface area contributed by atoms with Gasteiger partial charge in [0.1, 0.15) is 5.75 Å². The number of benzene rings is 1. The lowest BCUT2D eigenvalue weighted by Gasteiger charge is -2.26. The summed E-state index contributed by atoms with van der Waals surface area (Å²) in [5, 5.41) is 3.61. The van der Waals surface area contributed by atoms with Gasteiger partial charge in [-0.3, -0.25) is 0 Å². The first-order valence-corrected chi connectivity index (χ1v) is 6.88. The summed E-state index contributed by atoms with van der Waals surface area (Å²) >= 11 is 0. The fraction of sp³-hybridized carbons (Fsp3) is 0.375. The van der Waals surface area contributed by atoms with Crippen molar-refractivity contribution in [2.45, 2.75) is 25.4 Å². The van der Waals surface area contributed by atoms with E-state index in [4.69, 9.17) is 4.74 Å². The molecule has 1 unspecified atom stereocenters. The van der Waals surface area contributed by atoms with Gasteiger partial charge in [-0.05, 0) is 42.7 Å². The minimum Gasteiger partial charge on any atom is -0.497 e. The van der Waals surface area contributed by atoms with Gasteiger partial charge in [0.15, 0.2) is 0 Å². The number of nitrogens with zero attached hydrogens (tertiary/aromatic N) is 1. The van der Waals surface area contributed by atoms with Crippen LogP contribution in [0.1, 0.15) is 23.7 Å². The molecule has 100 valence electrons. The lowest BCUT2D eigenvalue weighted by Crippen LogP contribution is -2.33. The molecule has 2 aromatic rings. The Kier molecular flexibility index (Phi) is 3.56. The number of rotatable bonds is 4. The lowest BCUT2D eigenvalue weighted by molar-refractivity contribution is 0.405. The van der Waals surface area contributed by atoms with Crippen LogP contribution < -0.4 is 10.1 Å². The van der Waals surface area contributed by atoms with Crippen molar-refractivity contribution in [3.05, 3.63) is 53.9 Å². The molecule has 0 fully saturated rings. The minimum absolute atomic E-state index is 0.478. The van der Waals surface area contributed by atoms with E-state index in [0.29, 0.717) is 6.04 Å². The highest BCUT2D eigenvalue weighted by molar-refractivity contribution is 5.27. The molecular weight excluding hydrogens is 236 g/mol. The van der Waals surface area contributed by atoms with Crippen LogP contribution in [0, 0.1) is 0 Å². The van der Waals surface area contributed by atoms with E-state index in [-0.39, 0.29) is 0 Å². The maximum absolute atomic E-state index is 5.18. The van der Waals surface area contributed by atoms with E-state index >= 15 is 0 Å². The predicted octanol–water partition coefficient (Wildman–Crippen LogP) is 2.77. The smallest absolute Gasteiger partial charge is 0.118 e. The van der Waals surface area contributed by atoms with Gasteiger partial charge < -0.3 is 14.6 Å². The van der Waals surface area contributed by atoms with Crippen LogP contribution in [-0.4, -0.2) is 18.2 Å². The summed E-state index contributed by atoms with van der Waals surface area (Å²) in [7, 11) is 1.70. The van der Waals surface area contributed by atoms with Crippen LogP contribution in [0.4, 0.5) is 0 Å². The number of hydrogen-bond donors (Lipinski definition) is 1. The fourth-order valence-electron chi connectivity index (χ4n) is 2.76. The Morgan fingerprint density at radius 3 is 2.89 bits per heavy atom. The average molecular weight is 256 g/mol. The number of fused-ring (bicyclic) bond motifs is 1. The molecule has 0 spiro atoms. The standard InChI is InChI=1S/C16H20N2O/c1-19-14-7-4-13(5-8-14)6-9-15-16-3-2-11-18(16)12-10-17-15/h2-5,7-8,11,15,17H,6,9-10,12H2,1H3. The molecule has 0 radical (unpaired) electrons. The number of hydrogen-bond acceptors (Lipinski definition) is 2. The van der Waals surface area contributed by atoms with Gasteiger partial charge in [-0.1, -0.05) is 12.1 Å². The molecule has 3 heteroatoms. The molecule has 0 bridgehead atoms. The molecule has 1 atom stereocenters. The lowest BCUT2D eigenvalue weighted by atomic mass is 10.0. The van der Waals surface area contributed by atoms with E-state index < -0.39 is 0 Å². The molecule has 0 saturated carbocycles. The molecule has 0 saturated heterocycles. The van der Waals surface area contributed by atoms with Gasteiger partial charge in [0.2, 0.25) is 0 Å². The van der Waals surface area contributed by atoms with Crippen molar-refractivity contribution in [3.8, 4) is 5.75 Å². The Morgan fingerprint density at radius 2 is 2.11 bits per heavy atom. The summed E-state index contributed by atoms with van der Waals surface area (Å²) in [6.45, 7) is 2.15. The van der Waals surface area contributed by atoms with Gasteiger partial charge in [-0.15, -0.1) is 0 Å². The first kappa shape index (κ1) is 12.3. The molecule has 0 amide bonds. The third-order valence-corrected chi connectivity index (χ3v) is 3.85. The molecule has 19 heavy (non-hydrogen) atoms. The van der Waals surface area contributed by atoms with Crippen LogP contribution in [0.2, 0.25) is 0 Å². The molecule has 3 rings (SSSR count). The number of aryl methyl sites for hydroxylation is 1. The monoisotopic (exact) mass is 256 g/mol. The van der Waals surface area contributed by atoms with E-state index in [0.717, 1.165) is 31.7 Å². The SMILES string of the molecule is COc1ccc(CCC2NCCn3cccc32)cc1. The van der Waals surface area contributed by atoms with Crippen molar-refractivity contribution in [3.63, 3.8) is 0 Å². The summed E-state index contributed by atoms with van der Waals surface area (Å²) in [4.78, 5) is 0. The molecule has 0 aliphatic carbocycles. The Morgan fingerprint density at radius 1 is 1.26 bits per heavy atom. The zero-order valence-corrected chi connectivity index (χ0v) is 11.3. The zero-order chi connectivity index (χ0) is 13.1. The van der Waals surface area contributed by atoms with E-state index in [2.05, 4.69) is 40.3 Å². The topological polar surface area (TPSA) is 26.2 Å². The van der Waals surface area contributed by atoms with Crippen molar-refractivity contribution in [2.24, 2.45) is 0 Å². The summed E-state index contributed by atoms with van der Waals surface area (Å²) in [5.74, 6) is 0.924. The zero-order valence-electron chi connectivity index (χ0n) is 11.3. The van der Waals surface area contributed by atoms with E-state index in [1.165, 1.54) is 11.3 Å². The van der Waals surface area contributed by atoms with Crippen molar-refractivity contribution < 1.29 is 4.74 Å². The van der Waals surface area contributed by atoms with Crippen molar-refractivity contribution in [1.29, 1.82) is 0 Å². The minimum atomic E-state index is 0.478. The van der Waals surface area contributed by atoms with Gasteiger partial charge in [0.05, 0.1) is 7.11 Å². The molecule has 2 heterocycles. The van der Waals surface area contributed by atoms with Crippen LogP contribution in [-0.2, 0) is 13.0 Å². The maximum Gasteiger partial charge on any atom is 0.118 e. The summed E-state index contributed by atoms with van der Waals surface area (Å²) in [6.07, 6.45) is 4.40. The molecule has 1 aliphatic heterocycles. The highest BCUT2D eigenvalue weighted by atomic mass is 16.5. The van der Waals surface area contributed by atoms with Crippen LogP contribution >= 0.6 is 0 Å². The van der Waals surface area contributed by atoms with Crippen LogP contribution in [0.5, 0.6) is 5.75 Å². The summed E-state index contributed by atoms with van der Waals surface area (Å²) < 4.78 is 7.54. The highest BCUT2D eigenvalue weighted by Gasteiger charge is 2.18. The predicted molar refractivity (Wildman–Crippen MR) is 76.5 cm³/mol. The number of methoxy groups -OCH3 is 1. The van der Waals surface area contributed by atoms with Crippen molar-refractivity contribution in [2.75, 3.05) is 13.7 Å². The third-order valence-electron chi connectivity index (χ3n) is 3.85. The van der Waals surface area contributed by atoms with Crippen molar-refractivity contribution in [1.82, 2.24) is 9.88 Å². The average Bonchev–Trinajstić information content (AvgIpc) is 2.94. The fourth-order valence-corrected chi connectivity index (χ4v) is 2.76. The van der Waals surface area contributed by atoms with E-state index in [1.807, 2.05) is 12.1 Å². The van der Waals surface area contributed by atoms with Crippen LogP contribution in [0.25, 0.3) is 0 Å². The Labute approximate surface area is 114 Å². The Hall–Kier alpha value is -1.74. The summed E-state index contributed by atoms with van der Waals surface area (Å²) in [6, 6.07) is 13.2. The van der Waals surface area contributed by atoms with Gasteiger partial charge in [0, 0.05) is 31.0 Å². The number of aromatic nitrogens is 1. The quantitative estimate of drug-likeness (QED) is 0.910. The second-order valence-corrected chi connectivity index (χ2v) is 5.02. The van der Waals surface area contributed by atoms with Crippen LogP contribution in [0.15, 0.2) is 42.6 Å². The first-order chi connectivity index (χ1) is 9.36. The number of nitrogens with one attached hydrogen (secondary N) is 1. The largest absolute Gasteiger partial charge is 0.497 e. The third kappa shape index (κ3) is 2.66. The van der Waals surface area contributed by atoms with Crippen molar-refractivity contribution >= 4 is 0 Å². The highest BCUT2D eigenvalue weighted by Crippen LogP contribution is 2.23. The first-order valence-electron chi connectivity index (χ1n) is 6.88. The molecular formula is C16H20N2O. The molecule has 1 N–H and O–H groups in total. The molecule has 1 aromatic heterocycles. The summed E-state index contributed by atoms with van der Waals surface area (Å²) in [5.41, 5.74) is 2.78. The van der Waals surface area contributed by atoms with E-state index in [1.54, 1.807) is 7.11 Å². The number of ether oxygens (including phenoxy) is 1. The normalized spacial score (nSPS) is 18.1. The van der Waals surface area contributed by atoms with Crippen LogP contribution in [0.3, 0.4) is 0 Å². The molecule has 1 aliphatic rings. The molecule has 3 nitrogen and oxygen atoms in total. The van der Waals surface area contributed by atoms with Gasteiger partial charge in [-0.25, -0.2) is 0 Å². The second-order valence-electron chi connectivity index (χ2n) is 5.02. The maximum atomic E-state index is 5.18. The Bertz CT molecular complexity index is 530. The van der Waals surface area contributed by atoms with Gasteiger partial charge in [-0.2, -0.15) is 0 Å².